The van der Waals surface area contributed by atoms with Crippen LogP contribution in [0.3, 0.4) is 0 Å². The Balaban J connectivity index is 3.05. The van der Waals surface area contributed by atoms with Crippen molar-refractivity contribution in [2.75, 3.05) is 0 Å². The lowest BCUT2D eigenvalue weighted by Gasteiger charge is -2.03. The van der Waals surface area contributed by atoms with Crippen LogP contribution in [0.25, 0.3) is 0 Å². The summed E-state index contributed by atoms with van der Waals surface area (Å²) in [4.78, 5) is 19.7. The topological polar surface area (TPSA) is 101 Å². The summed E-state index contributed by atoms with van der Waals surface area (Å²) < 4.78 is 13.0. The fourth-order valence-electron chi connectivity index (χ4n) is 1.18. The van der Waals surface area contributed by atoms with Crippen LogP contribution in [0.1, 0.15) is 12.0 Å². The van der Waals surface area contributed by atoms with Crippen molar-refractivity contribution >= 4 is 11.7 Å². The van der Waals surface area contributed by atoms with E-state index in [1.165, 1.54) is 0 Å². The number of phenolic OH excluding ortho intramolecular Hbond substituents is 1. The highest BCUT2D eigenvalue weighted by molar-refractivity contribution is 5.67. The number of nitro benzene ring substituents is 1. The monoisotopic (exact) mass is 229 g/mol. The van der Waals surface area contributed by atoms with Crippen molar-refractivity contribution in [1.29, 1.82) is 0 Å². The van der Waals surface area contributed by atoms with Crippen LogP contribution in [0.5, 0.6) is 5.75 Å². The molecule has 7 heteroatoms. The molecule has 1 aromatic rings. The number of aliphatic carboxylic acids is 1. The number of rotatable bonds is 4. The molecule has 0 aliphatic heterocycles. The van der Waals surface area contributed by atoms with E-state index in [0.29, 0.717) is 6.07 Å². The molecule has 0 radical (unpaired) electrons. The molecule has 0 amide bonds. The maximum absolute atomic E-state index is 13.0. The number of carbonyl (C=O) groups is 1. The van der Waals surface area contributed by atoms with Gasteiger partial charge in [-0.25, -0.2) is 0 Å². The Morgan fingerprint density at radius 1 is 1.50 bits per heavy atom. The summed E-state index contributed by atoms with van der Waals surface area (Å²) in [5.41, 5.74) is -0.742. The van der Waals surface area contributed by atoms with Crippen molar-refractivity contribution in [3.8, 4) is 5.75 Å². The number of phenols is 1. The Kier molecular flexibility index (Phi) is 3.39. The molecule has 0 saturated carbocycles. The quantitative estimate of drug-likeness (QED) is 0.601. The molecule has 0 heterocycles. The Morgan fingerprint density at radius 2 is 2.12 bits per heavy atom. The van der Waals surface area contributed by atoms with E-state index in [1.807, 2.05) is 0 Å². The Morgan fingerprint density at radius 3 is 2.62 bits per heavy atom. The lowest BCUT2D eigenvalue weighted by atomic mass is 10.1. The zero-order valence-electron chi connectivity index (χ0n) is 8.01. The van der Waals surface area contributed by atoms with Gasteiger partial charge in [0, 0.05) is 24.1 Å². The number of halogens is 1. The van der Waals surface area contributed by atoms with Crippen LogP contribution in [0.4, 0.5) is 10.1 Å². The number of aryl methyl sites for hydroxylation is 1. The molecule has 1 rings (SSSR count). The highest BCUT2D eigenvalue weighted by Gasteiger charge is 2.18. The average molecular weight is 229 g/mol. The van der Waals surface area contributed by atoms with Crippen molar-refractivity contribution in [2.45, 2.75) is 12.8 Å². The first-order chi connectivity index (χ1) is 7.41. The van der Waals surface area contributed by atoms with Gasteiger partial charge in [0.15, 0.2) is 0 Å². The van der Waals surface area contributed by atoms with E-state index in [4.69, 9.17) is 5.11 Å². The van der Waals surface area contributed by atoms with Crippen LogP contribution in [-0.2, 0) is 11.2 Å². The van der Waals surface area contributed by atoms with Gasteiger partial charge in [0.25, 0.3) is 0 Å². The van der Waals surface area contributed by atoms with Gasteiger partial charge >= 0.3 is 11.7 Å². The highest BCUT2D eigenvalue weighted by atomic mass is 19.1. The largest absolute Gasteiger partial charge is 0.508 e. The maximum Gasteiger partial charge on any atom is 0.305 e. The molecule has 0 fully saturated rings. The summed E-state index contributed by atoms with van der Waals surface area (Å²) in [7, 11) is 0. The van der Waals surface area contributed by atoms with Crippen molar-refractivity contribution in [1.82, 2.24) is 0 Å². The number of nitro groups is 1. The number of hydrogen-bond acceptors (Lipinski definition) is 4. The summed E-state index contributed by atoms with van der Waals surface area (Å²) in [5.74, 6) is -2.74. The molecule has 86 valence electrons. The molecule has 0 bridgehead atoms. The van der Waals surface area contributed by atoms with E-state index in [9.17, 15) is 24.4 Å². The van der Waals surface area contributed by atoms with E-state index >= 15 is 0 Å². The van der Waals surface area contributed by atoms with Crippen molar-refractivity contribution in [3.63, 3.8) is 0 Å². The highest BCUT2D eigenvalue weighted by Crippen LogP contribution is 2.27. The van der Waals surface area contributed by atoms with Crippen LogP contribution in [-0.4, -0.2) is 21.1 Å². The van der Waals surface area contributed by atoms with Gasteiger partial charge in [-0.1, -0.05) is 0 Å². The van der Waals surface area contributed by atoms with E-state index in [1.54, 1.807) is 0 Å². The summed E-state index contributed by atoms with van der Waals surface area (Å²) in [5, 5.41) is 28.1. The molecule has 0 unspecified atom stereocenters. The van der Waals surface area contributed by atoms with Crippen LogP contribution in [0.2, 0.25) is 0 Å². The molecule has 0 aromatic heterocycles. The van der Waals surface area contributed by atoms with Crippen LogP contribution in [0, 0.1) is 15.9 Å². The lowest BCUT2D eigenvalue weighted by molar-refractivity contribution is -0.387. The third-order valence-corrected chi connectivity index (χ3v) is 1.95. The number of benzene rings is 1. The first kappa shape index (κ1) is 11.9. The first-order valence-corrected chi connectivity index (χ1v) is 4.29. The first-order valence-electron chi connectivity index (χ1n) is 4.29. The minimum absolute atomic E-state index is 0.0375. The van der Waals surface area contributed by atoms with E-state index in [2.05, 4.69) is 0 Å². The molecular formula is C9H8FNO5. The molecule has 0 spiro atoms. The number of nitrogens with zero attached hydrogens (tertiary/aromatic N) is 1. The molecular weight excluding hydrogens is 221 g/mol. The Hall–Kier alpha value is -2.18. The Bertz CT molecular complexity index is 446. The second kappa shape index (κ2) is 4.56. The summed E-state index contributed by atoms with van der Waals surface area (Å²) in [6.45, 7) is 0. The molecule has 16 heavy (non-hydrogen) atoms. The van der Waals surface area contributed by atoms with Crippen LogP contribution in [0.15, 0.2) is 12.1 Å². The van der Waals surface area contributed by atoms with Gasteiger partial charge in [0.1, 0.15) is 5.75 Å². The predicted octanol–water partition coefficient (Wildman–Crippen LogP) is 1.46. The fraction of sp³-hybridized carbons (Fsp3) is 0.222. The van der Waals surface area contributed by atoms with Gasteiger partial charge in [0.05, 0.1) is 4.92 Å². The smallest absolute Gasteiger partial charge is 0.305 e. The van der Waals surface area contributed by atoms with Crippen molar-refractivity contribution < 1.29 is 24.3 Å². The van der Waals surface area contributed by atoms with Crippen molar-refractivity contribution in [3.05, 3.63) is 33.6 Å². The van der Waals surface area contributed by atoms with Crippen LogP contribution < -0.4 is 0 Å². The van der Waals surface area contributed by atoms with Gasteiger partial charge in [0.2, 0.25) is 5.82 Å². The molecule has 0 aliphatic rings. The SMILES string of the molecule is O=C(O)CCc1cc([N+](=O)[O-])c(F)cc1O. The minimum atomic E-state index is -1.15. The number of carboxylic acids is 1. The molecule has 0 saturated heterocycles. The van der Waals surface area contributed by atoms with E-state index < -0.39 is 28.1 Å². The minimum Gasteiger partial charge on any atom is -0.508 e. The second-order valence-electron chi connectivity index (χ2n) is 3.08. The third kappa shape index (κ3) is 2.66. The van der Waals surface area contributed by atoms with Gasteiger partial charge in [-0.05, 0) is 6.42 Å². The summed E-state index contributed by atoms with van der Waals surface area (Å²) in [6.07, 6.45) is -0.390. The normalized spacial score (nSPS) is 10.1. The maximum atomic E-state index is 13.0. The molecule has 1 aromatic carbocycles. The zero-order chi connectivity index (χ0) is 12.3. The van der Waals surface area contributed by atoms with Gasteiger partial charge in [-0.3, -0.25) is 14.9 Å². The predicted molar refractivity (Wildman–Crippen MR) is 50.7 cm³/mol. The molecule has 0 aliphatic carbocycles. The number of aromatic hydroxyl groups is 1. The van der Waals surface area contributed by atoms with E-state index in [0.717, 1.165) is 6.07 Å². The standard InChI is InChI=1S/C9H8FNO5/c10-6-4-8(12)5(1-2-9(13)14)3-7(6)11(15)16/h3-4,12H,1-2H2,(H,13,14). The number of carboxylic acid groups (broad SMARTS) is 1. The molecule has 0 atom stereocenters. The lowest BCUT2D eigenvalue weighted by Crippen LogP contribution is -2.00. The zero-order valence-corrected chi connectivity index (χ0v) is 8.01. The summed E-state index contributed by atoms with van der Waals surface area (Å²) >= 11 is 0. The molecule has 2 N–H and O–H groups in total. The van der Waals surface area contributed by atoms with E-state index in [-0.39, 0.29) is 18.4 Å². The van der Waals surface area contributed by atoms with Gasteiger partial charge < -0.3 is 10.2 Å². The Labute approximate surface area is 89.1 Å². The molecule has 6 nitrogen and oxygen atoms in total. The average Bonchev–Trinajstić information content (AvgIpc) is 2.15. The number of hydrogen-bond donors (Lipinski definition) is 2. The fourth-order valence-corrected chi connectivity index (χ4v) is 1.18. The second-order valence-corrected chi connectivity index (χ2v) is 3.08. The summed E-state index contributed by atoms with van der Waals surface area (Å²) in [6, 6.07) is 1.45. The van der Waals surface area contributed by atoms with Gasteiger partial charge in [-0.2, -0.15) is 4.39 Å². The third-order valence-electron chi connectivity index (χ3n) is 1.95. The van der Waals surface area contributed by atoms with Gasteiger partial charge in [-0.15, -0.1) is 0 Å². The van der Waals surface area contributed by atoms with Crippen molar-refractivity contribution in [2.24, 2.45) is 0 Å². The van der Waals surface area contributed by atoms with Crippen LogP contribution >= 0.6 is 0 Å².